The molecule has 0 saturated heterocycles. The summed E-state index contributed by atoms with van der Waals surface area (Å²) in [5.74, 6) is -0.687. The zero-order valence-corrected chi connectivity index (χ0v) is 18.7. The quantitative estimate of drug-likeness (QED) is 0.381. The molecular formula is C26H26N4O3. The van der Waals surface area contributed by atoms with E-state index in [4.69, 9.17) is 0 Å². The van der Waals surface area contributed by atoms with Crippen LogP contribution in [-0.2, 0) is 16.1 Å². The van der Waals surface area contributed by atoms with Crippen molar-refractivity contribution < 1.29 is 14.7 Å². The molecule has 0 unspecified atom stereocenters. The maximum absolute atomic E-state index is 13.0. The Morgan fingerprint density at radius 2 is 1.61 bits per heavy atom. The molecule has 0 atom stereocenters. The van der Waals surface area contributed by atoms with Crippen LogP contribution in [-0.4, -0.2) is 51.0 Å². The molecule has 0 bridgehead atoms. The number of phenols is 1. The second kappa shape index (κ2) is 8.26. The van der Waals surface area contributed by atoms with Gasteiger partial charge in [0, 0.05) is 52.9 Å². The number of carbonyl (C=O) groups is 2. The number of aromatic nitrogens is 2. The van der Waals surface area contributed by atoms with Gasteiger partial charge in [-0.05, 0) is 25.2 Å². The van der Waals surface area contributed by atoms with Gasteiger partial charge in [0.05, 0.1) is 16.7 Å². The first kappa shape index (κ1) is 21.0. The first-order valence-corrected chi connectivity index (χ1v) is 11.2. The molecule has 0 spiro atoms. The van der Waals surface area contributed by atoms with Crippen LogP contribution in [0.2, 0.25) is 0 Å². The van der Waals surface area contributed by atoms with Crippen LogP contribution in [0.5, 0.6) is 5.75 Å². The van der Waals surface area contributed by atoms with Crippen LogP contribution < -0.4 is 5.32 Å². The number of nitrogens with zero attached hydrogens (tertiary/aromatic N) is 2. The van der Waals surface area contributed by atoms with Gasteiger partial charge in [-0.15, -0.1) is 0 Å². The molecule has 1 aliphatic heterocycles. The fourth-order valence-electron chi connectivity index (χ4n) is 4.75. The van der Waals surface area contributed by atoms with E-state index in [2.05, 4.69) is 29.0 Å². The van der Waals surface area contributed by atoms with Gasteiger partial charge in [0.15, 0.2) is 0 Å². The number of amides is 2. The molecule has 7 nitrogen and oxygen atoms in total. The molecule has 33 heavy (non-hydrogen) atoms. The summed E-state index contributed by atoms with van der Waals surface area (Å²) in [7, 11) is 0. The van der Waals surface area contributed by atoms with Gasteiger partial charge >= 0.3 is 0 Å². The lowest BCUT2D eigenvalue weighted by atomic mass is 9.95. The van der Waals surface area contributed by atoms with Crippen molar-refractivity contribution in [2.75, 3.05) is 19.6 Å². The summed E-state index contributed by atoms with van der Waals surface area (Å²) in [5.41, 5.74) is 3.58. The highest BCUT2D eigenvalue weighted by atomic mass is 16.3. The second-order valence-corrected chi connectivity index (χ2v) is 8.22. The Bertz CT molecular complexity index is 1420. The third kappa shape index (κ3) is 3.41. The zero-order chi connectivity index (χ0) is 23.1. The lowest BCUT2D eigenvalue weighted by molar-refractivity contribution is -0.122. The third-order valence-electron chi connectivity index (χ3n) is 6.49. The minimum atomic E-state index is -0.425. The summed E-state index contributed by atoms with van der Waals surface area (Å²) in [4.78, 5) is 31.5. The van der Waals surface area contributed by atoms with Crippen LogP contribution in [0, 0.1) is 0 Å². The van der Waals surface area contributed by atoms with Crippen molar-refractivity contribution in [3.05, 3.63) is 66.0 Å². The van der Waals surface area contributed by atoms with Crippen molar-refractivity contribution in [1.82, 2.24) is 19.8 Å². The van der Waals surface area contributed by atoms with E-state index in [1.807, 2.05) is 41.1 Å². The first-order chi connectivity index (χ1) is 16.0. The average molecular weight is 443 g/mol. The second-order valence-electron chi connectivity index (χ2n) is 8.22. The van der Waals surface area contributed by atoms with Crippen LogP contribution in [0.15, 0.2) is 54.9 Å². The molecule has 2 aromatic carbocycles. The molecule has 0 saturated carbocycles. The van der Waals surface area contributed by atoms with E-state index in [1.54, 1.807) is 18.3 Å². The minimum absolute atomic E-state index is 0.150. The molecular weight excluding hydrogens is 416 g/mol. The number of aromatic hydroxyl groups is 1. The molecule has 0 fully saturated rings. The van der Waals surface area contributed by atoms with Crippen molar-refractivity contribution in [2.24, 2.45) is 0 Å². The molecule has 5 rings (SSSR count). The van der Waals surface area contributed by atoms with E-state index < -0.39 is 11.8 Å². The molecule has 1 aliphatic rings. The fraction of sp³-hybridized carbons (Fsp3) is 0.231. The van der Waals surface area contributed by atoms with Gasteiger partial charge in [-0.25, -0.2) is 0 Å². The molecule has 3 heterocycles. The number of aromatic amines is 1. The van der Waals surface area contributed by atoms with Crippen molar-refractivity contribution in [3.63, 3.8) is 0 Å². The van der Waals surface area contributed by atoms with Gasteiger partial charge in [0.1, 0.15) is 5.75 Å². The van der Waals surface area contributed by atoms with Crippen LogP contribution in [0.4, 0.5) is 0 Å². The Morgan fingerprint density at radius 3 is 2.36 bits per heavy atom. The number of imide groups is 1. The van der Waals surface area contributed by atoms with E-state index in [-0.39, 0.29) is 5.75 Å². The third-order valence-corrected chi connectivity index (χ3v) is 6.49. The van der Waals surface area contributed by atoms with Gasteiger partial charge in [0.2, 0.25) is 0 Å². The number of nitrogens with one attached hydrogen (secondary N) is 2. The van der Waals surface area contributed by atoms with Crippen LogP contribution in [0.1, 0.15) is 25.0 Å². The number of benzene rings is 2. The van der Waals surface area contributed by atoms with E-state index in [0.29, 0.717) is 34.3 Å². The number of para-hydroxylation sites is 2. The van der Waals surface area contributed by atoms with Crippen molar-refractivity contribution >= 4 is 44.8 Å². The molecule has 4 aromatic rings. The van der Waals surface area contributed by atoms with Crippen LogP contribution in [0.25, 0.3) is 33.0 Å². The lowest BCUT2D eigenvalue weighted by Gasteiger charge is -2.18. The fourth-order valence-corrected chi connectivity index (χ4v) is 4.75. The SMILES string of the molecule is CCN(CC)CCn1cc(C2=C(c3c[nH]c4ccccc34)C(=O)NC2=O)c2cccc(O)c21. The summed E-state index contributed by atoms with van der Waals surface area (Å²) in [5, 5.41) is 14.8. The molecule has 2 amide bonds. The van der Waals surface area contributed by atoms with E-state index in [0.717, 1.165) is 35.9 Å². The standard InChI is InChI=1S/C26H26N4O3/c1-3-29(4-2)12-13-30-15-19(17-9-7-11-21(31)24(17)30)23-22(25(32)28-26(23)33)18-14-27-20-10-6-5-8-16(18)20/h5-11,14-15,27,31H,3-4,12-13H2,1-2H3,(H,28,32,33). The Morgan fingerprint density at radius 1 is 0.909 bits per heavy atom. The Balaban J connectivity index is 1.72. The summed E-state index contributed by atoms with van der Waals surface area (Å²) < 4.78 is 1.98. The van der Waals surface area contributed by atoms with Crippen molar-refractivity contribution in [3.8, 4) is 5.75 Å². The molecule has 7 heteroatoms. The minimum Gasteiger partial charge on any atom is -0.506 e. The number of likely N-dealkylation sites (N-methyl/N-ethyl adjacent to an activating group) is 1. The summed E-state index contributed by atoms with van der Waals surface area (Å²) >= 11 is 0. The number of hydrogen-bond donors (Lipinski definition) is 3. The maximum Gasteiger partial charge on any atom is 0.259 e. The monoisotopic (exact) mass is 442 g/mol. The number of rotatable bonds is 7. The van der Waals surface area contributed by atoms with Gasteiger partial charge in [-0.3, -0.25) is 14.9 Å². The van der Waals surface area contributed by atoms with Gasteiger partial charge in [-0.1, -0.05) is 44.2 Å². The Hall–Kier alpha value is -3.84. The predicted octanol–water partition coefficient (Wildman–Crippen LogP) is 3.74. The summed E-state index contributed by atoms with van der Waals surface area (Å²) in [6.45, 7) is 7.56. The average Bonchev–Trinajstić information content (AvgIpc) is 3.48. The van der Waals surface area contributed by atoms with E-state index >= 15 is 0 Å². The van der Waals surface area contributed by atoms with Gasteiger partial charge in [0.25, 0.3) is 11.8 Å². The molecule has 0 aliphatic carbocycles. The highest BCUT2D eigenvalue weighted by Gasteiger charge is 2.35. The number of carbonyl (C=O) groups excluding carboxylic acids is 2. The normalized spacial score (nSPS) is 14.3. The lowest BCUT2D eigenvalue weighted by Crippen LogP contribution is -2.26. The smallest absolute Gasteiger partial charge is 0.259 e. The topological polar surface area (TPSA) is 90.4 Å². The highest BCUT2D eigenvalue weighted by molar-refractivity contribution is 6.50. The number of H-pyrrole nitrogens is 1. The zero-order valence-electron chi connectivity index (χ0n) is 18.7. The molecule has 2 aromatic heterocycles. The van der Waals surface area contributed by atoms with Crippen molar-refractivity contribution in [1.29, 1.82) is 0 Å². The first-order valence-electron chi connectivity index (χ1n) is 11.2. The number of hydrogen-bond acceptors (Lipinski definition) is 4. The predicted molar refractivity (Wildman–Crippen MR) is 130 cm³/mol. The van der Waals surface area contributed by atoms with Crippen molar-refractivity contribution in [2.45, 2.75) is 20.4 Å². The highest BCUT2D eigenvalue weighted by Crippen LogP contribution is 2.39. The molecule has 168 valence electrons. The molecule has 3 N–H and O–H groups in total. The summed E-state index contributed by atoms with van der Waals surface area (Å²) in [6, 6.07) is 13.0. The number of phenolic OH excluding ortho intramolecular Hbond substituents is 1. The number of fused-ring (bicyclic) bond motifs is 2. The van der Waals surface area contributed by atoms with E-state index in [1.165, 1.54) is 0 Å². The Labute approximate surface area is 191 Å². The van der Waals surface area contributed by atoms with Gasteiger partial charge in [-0.2, -0.15) is 0 Å². The van der Waals surface area contributed by atoms with Gasteiger partial charge < -0.3 is 19.6 Å². The van der Waals surface area contributed by atoms with E-state index in [9.17, 15) is 14.7 Å². The maximum atomic E-state index is 13.0. The van der Waals surface area contributed by atoms with Crippen LogP contribution in [0.3, 0.4) is 0 Å². The largest absolute Gasteiger partial charge is 0.506 e. The molecule has 0 radical (unpaired) electrons. The summed E-state index contributed by atoms with van der Waals surface area (Å²) in [6.07, 6.45) is 3.66. The Kier molecular flexibility index (Phi) is 5.26. The van der Waals surface area contributed by atoms with Crippen LogP contribution >= 0.6 is 0 Å².